The molecule has 0 aliphatic carbocycles. The van der Waals surface area contributed by atoms with Gasteiger partial charge in [0.1, 0.15) is 11.5 Å². The van der Waals surface area contributed by atoms with Crippen LogP contribution in [-0.2, 0) is 0 Å². The molecule has 0 spiro atoms. The van der Waals surface area contributed by atoms with E-state index in [4.69, 9.17) is 0 Å². The van der Waals surface area contributed by atoms with Crippen LogP contribution in [0.4, 0.5) is 0 Å². The zero-order valence-electron chi connectivity index (χ0n) is 11.6. The van der Waals surface area contributed by atoms with Gasteiger partial charge in [-0.2, -0.15) is 0 Å². The lowest BCUT2D eigenvalue weighted by Gasteiger charge is -2.18. The van der Waals surface area contributed by atoms with Gasteiger partial charge in [-0.1, -0.05) is 6.07 Å². The number of hydrogen-bond acceptors (Lipinski definition) is 4. The van der Waals surface area contributed by atoms with Crippen molar-refractivity contribution in [2.24, 2.45) is 0 Å². The van der Waals surface area contributed by atoms with Crippen LogP contribution in [0.5, 0.6) is 11.5 Å². The Balaban J connectivity index is 1.76. The smallest absolute Gasteiger partial charge is 0.124 e. The van der Waals surface area contributed by atoms with Crippen LogP contribution < -0.4 is 5.32 Å². The highest BCUT2D eigenvalue weighted by molar-refractivity contribution is 5.44. The minimum Gasteiger partial charge on any atom is -0.507 e. The highest BCUT2D eigenvalue weighted by atomic mass is 16.3. The number of hydrogen-bond donors (Lipinski definition) is 3. The molecule has 4 nitrogen and oxygen atoms in total. The van der Waals surface area contributed by atoms with E-state index in [0.717, 1.165) is 19.5 Å². The van der Waals surface area contributed by atoms with Gasteiger partial charge in [-0.05, 0) is 64.5 Å². The molecule has 0 saturated carbocycles. The highest BCUT2D eigenvalue weighted by Gasteiger charge is 2.15. The summed E-state index contributed by atoms with van der Waals surface area (Å²) in [4.78, 5) is 2.49. The van der Waals surface area contributed by atoms with Crippen LogP contribution in [0.2, 0.25) is 0 Å². The third kappa shape index (κ3) is 3.85. The zero-order chi connectivity index (χ0) is 13.7. The second-order valence-electron chi connectivity index (χ2n) is 5.29. The normalized spacial score (nSPS) is 17.7. The molecular formula is C15H24N2O2. The van der Waals surface area contributed by atoms with Crippen molar-refractivity contribution in [1.29, 1.82) is 0 Å². The van der Waals surface area contributed by atoms with Gasteiger partial charge in [0, 0.05) is 6.04 Å². The Morgan fingerprint density at radius 1 is 1.21 bits per heavy atom. The van der Waals surface area contributed by atoms with Crippen LogP contribution >= 0.6 is 0 Å². The first kappa shape index (κ1) is 14.2. The van der Waals surface area contributed by atoms with E-state index < -0.39 is 0 Å². The topological polar surface area (TPSA) is 55.7 Å². The molecule has 0 amide bonds. The van der Waals surface area contributed by atoms with Crippen molar-refractivity contribution in [3.05, 3.63) is 23.8 Å². The van der Waals surface area contributed by atoms with Crippen LogP contribution in [0.15, 0.2) is 18.2 Å². The lowest BCUT2D eigenvalue weighted by molar-refractivity contribution is 0.327. The summed E-state index contributed by atoms with van der Waals surface area (Å²) in [5, 5.41) is 22.9. The Bertz CT molecular complexity index is 383. The Morgan fingerprint density at radius 2 is 1.84 bits per heavy atom. The van der Waals surface area contributed by atoms with Gasteiger partial charge in [0.15, 0.2) is 0 Å². The molecule has 4 heteroatoms. The van der Waals surface area contributed by atoms with Crippen molar-refractivity contribution >= 4 is 0 Å². The maximum atomic E-state index is 9.78. The van der Waals surface area contributed by atoms with E-state index in [-0.39, 0.29) is 17.5 Å². The minimum atomic E-state index is -0.0419. The second-order valence-corrected chi connectivity index (χ2v) is 5.29. The number of nitrogens with one attached hydrogen (secondary N) is 1. The number of nitrogens with zero attached hydrogens (tertiary/aromatic N) is 1. The van der Waals surface area contributed by atoms with Gasteiger partial charge in [-0.25, -0.2) is 0 Å². The van der Waals surface area contributed by atoms with E-state index >= 15 is 0 Å². The maximum absolute atomic E-state index is 9.78. The van der Waals surface area contributed by atoms with E-state index in [1.807, 2.05) is 6.92 Å². The largest absolute Gasteiger partial charge is 0.507 e. The van der Waals surface area contributed by atoms with Crippen LogP contribution in [0, 0.1) is 0 Å². The second kappa shape index (κ2) is 6.78. The molecule has 1 heterocycles. The summed E-state index contributed by atoms with van der Waals surface area (Å²) >= 11 is 0. The minimum absolute atomic E-state index is 0.0419. The van der Waals surface area contributed by atoms with Gasteiger partial charge in [-0.15, -0.1) is 0 Å². The molecule has 1 aliphatic rings. The summed E-state index contributed by atoms with van der Waals surface area (Å²) in [6.45, 7) is 6.45. The van der Waals surface area contributed by atoms with E-state index in [9.17, 15) is 10.2 Å². The van der Waals surface area contributed by atoms with Crippen molar-refractivity contribution in [2.75, 3.05) is 26.2 Å². The first-order valence-corrected chi connectivity index (χ1v) is 7.15. The van der Waals surface area contributed by atoms with Crippen molar-refractivity contribution in [1.82, 2.24) is 10.2 Å². The molecule has 106 valence electrons. The molecule has 1 atom stereocenters. The molecular weight excluding hydrogens is 240 g/mol. The molecule has 2 rings (SSSR count). The molecule has 1 aromatic rings. The zero-order valence-corrected chi connectivity index (χ0v) is 11.6. The molecule has 0 bridgehead atoms. The predicted molar refractivity (Wildman–Crippen MR) is 76.5 cm³/mol. The first-order chi connectivity index (χ1) is 9.18. The number of likely N-dealkylation sites (tertiary alicyclic amines) is 1. The lowest BCUT2D eigenvalue weighted by Crippen LogP contribution is -2.26. The standard InChI is InChI=1S/C15H24N2O2/c1-12(15-13(18)6-4-7-14(15)19)16-8-5-11-17-9-2-3-10-17/h4,6-7,12,16,18-19H,2-3,5,8-11H2,1H3. The Morgan fingerprint density at radius 3 is 2.47 bits per heavy atom. The Hall–Kier alpha value is -1.26. The van der Waals surface area contributed by atoms with Crippen molar-refractivity contribution < 1.29 is 10.2 Å². The quantitative estimate of drug-likeness (QED) is 0.690. The van der Waals surface area contributed by atoms with E-state index in [1.54, 1.807) is 18.2 Å². The fraction of sp³-hybridized carbons (Fsp3) is 0.600. The van der Waals surface area contributed by atoms with Gasteiger partial charge >= 0.3 is 0 Å². The highest BCUT2D eigenvalue weighted by Crippen LogP contribution is 2.31. The van der Waals surface area contributed by atoms with E-state index in [1.165, 1.54) is 25.9 Å². The summed E-state index contributed by atoms with van der Waals surface area (Å²) in [6.07, 6.45) is 3.75. The fourth-order valence-corrected chi connectivity index (χ4v) is 2.71. The van der Waals surface area contributed by atoms with Gasteiger partial charge in [-0.3, -0.25) is 0 Å². The lowest BCUT2D eigenvalue weighted by atomic mass is 10.1. The summed E-state index contributed by atoms with van der Waals surface area (Å²) < 4.78 is 0. The molecule has 3 N–H and O–H groups in total. The van der Waals surface area contributed by atoms with Crippen LogP contribution in [-0.4, -0.2) is 41.3 Å². The molecule has 1 fully saturated rings. The Labute approximate surface area is 115 Å². The number of benzene rings is 1. The average Bonchev–Trinajstić information content (AvgIpc) is 2.87. The molecule has 0 aromatic heterocycles. The maximum Gasteiger partial charge on any atom is 0.124 e. The molecule has 1 aliphatic heterocycles. The van der Waals surface area contributed by atoms with Crippen LogP contribution in [0.1, 0.15) is 37.8 Å². The van der Waals surface area contributed by atoms with Gasteiger partial charge in [0.05, 0.1) is 5.56 Å². The molecule has 1 saturated heterocycles. The van der Waals surface area contributed by atoms with Crippen LogP contribution in [0.25, 0.3) is 0 Å². The summed E-state index contributed by atoms with van der Waals surface area (Å²) in [6, 6.07) is 4.82. The predicted octanol–water partition coefficient (Wildman–Crippen LogP) is 2.23. The van der Waals surface area contributed by atoms with Crippen LogP contribution in [0.3, 0.4) is 0 Å². The summed E-state index contributed by atoms with van der Waals surface area (Å²) in [7, 11) is 0. The van der Waals surface area contributed by atoms with Gasteiger partial charge in [0.25, 0.3) is 0 Å². The number of phenolic OH excluding ortho intramolecular Hbond substituents is 2. The van der Waals surface area contributed by atoms with Crippen molar-refractivity contribution in [3.63, 3.8) is 0 Å². The average molecular weight is 264 g/mol. The number of aromatic hydroxyl groups is 2. The van der Waals surface area contributed by atoms with Gasteiger partial charge in [0.2, 0.25) is 0 Å². The first-order valence-electron chi connectivity index (χ1n) is 7.15. The SMILES string of the molecule is CC(NCCCN1CCCC1)c1c(O)cccc1O. The van der Waals surface area contributed by atoms with Crippen molar-refractivity contribution in [3.8, 4) is 11.5 Å². The summed E-state index contributed by atoms with van der Waals surface area (Å²) in [5.41, 5.74) is 0.587. The third-order valence-corrected chi connectivity index (χ3v) is 3.79. The molecule has 1 unspecified atom stereocenters. The van der Waals surface area contributed by atoms with E-state index in [0.29, 0.717) is 5.56 Å². The number of phenols is 2. The van der Waals surface area contributed by atoms with Crippen molar-refractivity contribution in [2.45, 2.75) is 32.2 Å². The molecule has 0 radical (unpaired) electrons. The third-order valence-electron chi connectivity index (χ3n) is 3.79. The van der Waals surface area contributed by atoms with E-state index in [2.05, 4.69) is 10.2 Å². The van der Waals surface area contributed by atoms with Gasteiger partial charge < -0.3 is 20.4 Å². The number of rotatable bonds is 6. The fourth-order valence-electron chi connectivity index (χ4n) is 2.71. The molecule has 1 aromatic carbocycles. The Kier molecular flexibility index (Phi) is 5.05. The molecule has 19 heavy (non-hydrogen) atoms. The monoisotopic (exact) mass is 264 g/mol. The summed E-state index contributed by atoms with van der Waals surface area (Å²) in [5.74, 6) is 0.305.